The number of aryl methyl sites for hydroxylation is 2. The van der Waals surface area contributed by atoms with E-state index in [0.29, 0.717) is 23.7 Å². The van der Waals surface area contributed by atoms with Crippen molar-refractivity contribution in [1.29, 1.82) is 0 Å². The second-order valence-electron chi connectivity index (χ2n) is 6.76. The zero-order chi connectivity index (χ0) is 17.8. The highest BCUT2D eigenvalue weighted by molar-refractivity contribution is 5.94. The molecule has 0 spiro atoms. The van der Waals surface area contributed by atoms with Crippen LogP contribution in [0, 0.1) is 25.6 Å². The molecule has 5 nitrogen and oxygen atoms in total. The Hall–Kier alpha value is -2.21. The van der Waals surface area contributed by atoms with E-state index in [1.165, 1.54) is 18.9 Å². The number of aromatic nitrogens is 2. The van der Waals surface area contributed by atoms with Gasteiger partial charge < -0.3 is 10.6 Å². The summed E-state index contributed by atoms with van der Waals surface area (Å²) in [5.41, 5.74) is 2.38. The van der Waals surface area contributed by atoms with Crippen LogP contribution in [0.1, 0.15) is 41.0 Å². The van der Waals surface area contributed by atoms with E-state index in [2.05, 4.69) is 15.7 Å². The van der Waals surface area contributed by atoms with Crippen molar-refractivity contribution in [2.75, 3.05) is 19.6 Å². The van der Waals surface area contributed by atoms with Crippen LogP contribution in [0.5, 0.6) is 0 Å². The lowest BCUT2D eigenvalue weighted by atomic mass is 9.96. The third-order valence-corrected chi connectivity index (χ3v) is 4.68. The summed E-state index contributed by atoms with van der Waals surface area (Å²) in [6.07, 6.45) is 3.34. The van der Waals surface area contributed by atoms with Gasteiger partial charge in [0.05, 0.1) is 5.69 Å². The maximum Gasteiger partial charge on any atom is 0.251 e. The Labute approximate surface area is 147 Å². The largest absolute Gasteiger partial charge is 0.352 e. The van der Waals surface area contributed by atoms with E-state index in [1.807, 2.05) is 19.9 Å². The molecule has 3 rings (SSSR count). The van der Waals surface area contributed by atoms with E-state index >= 15 is 0 Å². The van der Waals surface area contributed by atoms with Gasteiger partial charge in [-0.2, -0.15) is 5.10 Å². The normalized spacial score (nSPS) is 17.5. The summed E-state index contributed by atoms with van der Waals surface area (Å²) in [7, 11) is 0. The van der Waals surface area contributed by atoms with Crippen molar-refractivity contribution in [3.05, 3.63) is 47.0 Å². The number of halogens is 1. The molecule has 0 saturated carbocycles. The minimum Gasteiger partial charge on any atom is -0.352 e. The van der Waals surface area contributed by atoms with Crippen LogP contribution < -0.4 is 10.6 Å². The van der Waals surface area contributed by atoms with Crippen LogP contribution in [-0.2, 0) is 0 Å². The number of benzene rings is 1. The predicted octanol–water partition coefficient (Wildman–Crippen LogP) is 2.75. The summed E-state index contributed by atoms with van der Waals surface area (Å²) in [5.74, 6) is -0.0721. The molecule has 6 heteroatoms. The second-order valence-corrected chi connectivity index (χ2v) is 6.76. The number of piperidine rings is 1. The highest BCUT2D eigenvalue weighted by atomic mass is 19.1. The molecule has 1 amide bonds. The van der Waals surface area contributed by atoms with Gasteiger partial charge in [0.25, 0.3) is 5.91 Å². The number of hydrogen-bond acceptors (Lipinski definition) is 3. The Balaban J connectivity index is 1.61. The van der Waals surface area contributed by atoms with Gasteiger partial charge >= 0.3 is 0 Å². The third kappa shape index (κ3) is 4.25. The van der Waals surface area contributed by atoms with E-state index in [0.717, 1.165) is 30.9 Å². The predicted molar refractivity (Wildman–Crippen MR) is 95.5 cm³/mol. The summed E-state index contributed by atoms with van der Waals surface area (Å²) in [6, 6.07) is 6.42. The van der Waals surface area contributed by atoms with Crippen LogP contribution in [0.4, 0.5) is 4.39 Å². The van der Waals surface area contributed by atoms with Gasteiger partial charge in [0.15, 0.2) is 0 Å². The molecule has 2 heterocycles. The maximum atomic E-state index is 14.4. The lowest BCUT2D eigenvalue weighted by molar-refractivity contribution is 0.0950. The van der Waals surface area contributed by atoms with Crippen molar-refractivity contribution in [3.8, 4) is 5.69 Å². The number of carbonyl (C=O) groups is 1. The summed E-state index contributed by atoms with van der Waals surface area (Å²) >= 11 is 0. The average Bonchev–Trinajstić information content (AvgIpc) is 2.93. The number of amides is 1. The monoisotopic (exact) mass is 344 g/mol. The van der Waals surface area contributed by atoms with E-state index in [-0.39, 0.29) is 5.91 Å². The van der Waals surface area contributed by atoms with E-state index in [1.54, 1.807) is 16.8 Å². The molecule has 1 aromatic carbocycles. The highest BCUT2D eigenvalue weighted by Gasteiger charge is 2.15. The molecule has 25 heavy (non-hydrogen) atoms. The molecule has 1 aromatic heterocycles. The average molecular weight is 344 g/mol. The van der Waals surface area contributed by atoms with Crippen molar-refractivity contribution < 1.29 is 9.18 Å². The lowest BCUT2D eigenvalue weighted by Crippen LogP contribution is -2.33. The van der Waals surface area contributed by atoms with Gasteiger partial charge in [-0.3, -0.25) is 4.79 Å². The zero-order valence-electron chi connectivity index (χ0n) is 14.8. The highest BCUT2D eigenvalue weighted by Crippen LogP contribution is 2.18. The van der Waals surface area contributed by atoms with E-state index < -0.39 is 5.82 Å². The summed E-state index contributed by atoms with van der Waals surface area (Å²) in [5, 5.41) is 10.5. The first-order chi connectivity index (χ1) is 12.0. The number of rotatable bonds is 5. The Morgan fingerprint density at radius 2 is 2.24 bits per heavy atom. The molecule has 1 atom stereocenters. The topological polar surface area (TPSA) is 59.0 Å². The number of carbonyl (C=O) groups excluding carboxylic acids is 1. The standard InChI is InChI=1S/C19H25FN4O/c1-13-10-14(2)24(23-13)18-6-5-16(11-17(18)20)19(25)22-9-7-15-4-3-8-21-12-15/h5-6,10-11,15,21H,3-4,7-9,12H2,1-2H3,(H,22,25). The van der Waals surface area contributed by atoms with Crippen LogP contribution in [0.2, 0.25) is 0 Å². The third-order valence-electron chi connectivity index (χ3n) is 4.68. The van der Waals surface area contributed by atoms with Gasteiger partial charge in [0, 0.05) is 17.8 Å². The van der Waals surface area contributed by atoms with Crippen LogP contribution >= 0.6 is 0 Å². The molecule has 0 radical (unpaired) electrons. The summed E-state index contributed by atoms with van der Waals surface area (Å²) in [6.45, 7) is 6.46. The minimum absolute atomic E-state index is 0.234. The van der Waals surface area contributed by atoms with Crippen molar-refractivity contribution in [3.63, 3.8) is 0 Å². The van der Waals surface area contributed by atoms with Crippen LogP contribution in [0.15, 0.2) is 24.3 Å². The molecule has 134 valence electrons. The van der Waals surface area contributed by atoms with Gasteiger partial charge in [-0.05, 0) is 76.4 Å². The molecular formula is C19H25FN4O. The molecule has 1 aliphatic heterocycles. The van der Waals surface area contributed by atoms with Gasteiger partial charge in [-0.1, -0.05) is 0 Å². The summed E-state index contributed by atoms with van der Waals surface area (Å²) in [4.78, 5) is 12.2. The number of nitrogens with one attached hydrogen (secondary N) is 2. The Morgan fingerprint density at radius 1 is 1.40 bits per heavy atom. The van der Waals surface area contributed by atoms with Gasteiger partial charge in [0.2, 0.25) is 0 Å². The molecule has 1 fully saturated rings. The first-order valence-electron chi connectivity index (χ1n) is 8.86. The Kier molecular flexibility index (Phi) is 5.48. The Morgan fingerprint density at radius 3 is 2.88 bits per heavy atom. The molecule has 0 aliphatic carbocycles. The number of nitrogens with zero attached hydrogens (tertiary/aromatic N) is 2. The Bertz CT molecular complexity index is 750. The van der Waals surface area contributed by atoms with Crippen LogP contribution in [0.3, 0.4) is 0 Å². The van der Waals surface area contributed by atoms with Crippen molar-refractivity contribution in [2.24, 2.45) is 5.92 Å². The molecular weight excluding hydrogens is 319 g/mol. The number of hydrogen-bond donors (Lipinski definition) is 2. The van der Waals surface area contributed by atoms with E-state index in [9.17, 15) is 9.18 Å². The van der Waals surface area contributed by atoms with Gasteiger partial charge in [-0.15, -0.1) is 0 Å². The van der Waals surface area contributed by atoms with Crippen molar-refractivity contribution in [1.82, 2.24) is 20.4 Å². The molecule has 1 saturated heterocycles. The first-order valence-corrected chi connectivity index (χ1v) is 8.86. The van der Waals surface area contributed by atoms with Gasteiger partial charge in [0.1, 0.15) is 11.5 Å². The van der Waals surface area contributed by atoms with Crippen molar-refractivity contribution >= 4 is 5.91 Å². The van der Waals surface area contributed by atoms with Crippen molar-refractivity contribution in [2.45, 2.75) is 33.1 Å². The lowest BCUT2D eigenvalue weighted by Gasteiger charge is -2.22. The first kappa shape index (κ1) is 17.6. The van der Waals surface area contributed by atoms with Crippen LogP contribution in [-0.4, -0.2) is 35.3 Å². The molecule has 2 N–H and O–H groups in total. The SMILES string of the molecule is Cc1cc(C)n(-c2ccc(C(=O)NCCC3CCCNC3)cc2F)n1. The fourth-order valence-corrected chi connectivity index (χ4v) is 3.35. The molecule has 0 bridgehead atoms. The second kappa shape index (κ2) is 7.78. The smallest absolute Gasteiger partial charge is 0.251 e. The molecule has 1 aliphatic rings. The zero-order valence-corrected chi connectivity index (χ0v) is 14.8. The van der Waals surface area contributed by atoms with Crippen LogP contribution in [0.25, 0.3) is 5.69 Å². The maximum absolute atomic E-state index is 14.4. The quantitative estimate of drug-likeness (QED) is 0.877. The van der Waals surface area contributed by atoms with E-state index in [4.69, 9.17) is 0 Å². The molecule has 2 aromatic rings. The fraction of sp³-hybridized carbons (Fsp3) is 0.474. The fourth-order valence-electron chi connectivity index (χ4n) is 3.35. The minimum atomic E-state index is -0.449. The molecule has 1 unspecified atom stereocenters. The summed E-state index contributed by atoms with van der Waals surface area (Å²) < 4.78 is 16.0. The van der Waals surface area contributed by atoms with Gasteiger partial charge in [-0.25, -0.2) is 9.07 Å².